The lowest BCUT2D eigenvalue weighted by Crippen LogP contribution is -2.53. The highest BCUT2D eigenvalue weighted by Gasteiger charge is 2.32. The van der Waals surface area contributed by atoms with Crippen LogP contribution in [0.1, 0.15) is 26.2 Å². The molecule has 0 aromatic heterocycles. The fraction of sp³-hybridized carbons (Fsp3) is 0.556. The standard InChI is InChI=1S/C18H25N3O3S/c1-2-9-19-17(22)16-12-21(14-7-3-4-8-15(14)24-16)18(25)20-11-13-6-5-10-23-13/h3-4,7-8,13,16H,2,5-6,9-12H2,1H3,(H,19,22)(H,20,25)/t13-,16-/m0/s1. The third kappa shape index (κ3) is 4.41. The van der Waals surface area contributed by atoms with Crippen molar-refractivity contribution in [3.05, 3.63) is 24.3 Å². The zero-order chi connectivity index (χ0) is 17.6. The van der Waals surface area contributed by atoms with Crippen LogP contribution in [0.3, 0.4) is 0 Å². The van der Waals surface area contributed by atoms with E-state index in [1.165, 1.54) is 0 Å². The first-order valence-corrected chi connectivity index (χ1v) is 9.30. The third-order valence-corrected chi connectivity index (χ3v) is 4.73. The van der Waals surface area contributed by atoms with Crippen LogP contribution in [0, 0.1) is 0 Å². The van der Waals surface area contributed by atoms with E-state index in [1.807, 2.05) is 36.1 Å². The molecule has 1 aromatic carbocycles. The van der Waals surface area contributed by atoms with Crippen LogP contribution >= 0.6 is 12.2 Å². The fourth-order valence-electron chi connectivity index (χ4n) is 3.03. The summed E-state index contributed by atoms with van der Waals surface area (Å²) in [5.74, 6) is 0.565. The van der Waals surface area contributed by atoms with Gasteiger partial charge in [-0.3, -0.25) is 4.79 Å². The lowest BCUT2D eigenvalue weighted by atomic mass is 10.2. The highest BCUT2D eigenvalue weighted by atomic mass is 32.1. The Morgan fingerprint density at radius 3 is 2.96 bits per heavy atom. The summed E-state index contributed by atoms with van der Waals surface area (Å²) in [4.78, 5) is 14.3. The molecule has 0 unspecified atom stereocenters. The Morgan fingerprint density at radius 2 is 2.20 bits per heavy atom. The topological polar surface area (TPSA) is 62.8 Å². The summed E-state index contributed by atoms with van der Waals surface area (Å²) in [6, 6.07) is 7.65. The molecule has 0 spiro atoms. The SMILES string of the molecule is CCCNC(=O)[C@@H]1CN(C(=S)NC[C@@H]2CCCO2)c2ccccc2O1. The number of carbonyl (C=O) groups excluding carboxylic acids is 1. The monoisotopic (exact) mass is 363 g/mol. The van der Waals surface area contributed by atoms with Crippen molar-refractivity contribution in [3.8, 4) is 5.75 Å². The number of nitrogens with zero attached hydrogens (tertiary/aromatic N) is 1. The largest absolute Gasteiger partial charge is 0.477 e. The summed E-state index contributed by atoms with van der Waals surface area (Å²) in [6.07, 6.45) is 2.67. The quantitative estimate of drug-likeness (QED) is 0.779. The van der Waals surface area contributed by atoms with E-state index >= 15 is 0 Å². The molecule has 3 rings (SSSR count). The normalized spacial score (nSPS) is 22.0. The van der Waals surface area contributed by atoms with Gasteiger partial charge in [0.2, 0.25) is 0 Å². The second-order valence-corrected chi connectivity index (χ2v) is 6.68. The number of thiocarbonyl (C=S) groups is 1. The van der Waals surface area contributed by atoms with Crippen LogP contribution in [-0.4, -0.2) is 49.5 Å². The summed E-state index contributed by atoms with van der Waals surface area (Å²) in [7, 11) is 0. The maximum atomic E-state index is 12.4. The lowest BCUT2D eigenvalue weighted by Gasteiger charge is -2.36. The number of fused-ring (bicyclic) bond motifs is 1. The third-order valence-electron chi connectivity index (χ3n) is 4.37. The molecule has 2 atom stereocenters. The van der Waals surface area contributed by atoms with E-state index in [-0.39, 0.29) is 12.0 Å². The van der Waals surface area contributed by atoms with Crippen LogP contribution in [0.15, 0.2) is 24.3 Å². The number of para-hydroxylation sites is 2. The smallest absolute Gasteiger partial charge is 0.262 e. The molecule has 0 aliphatic carbocycles. The minimum Gasteiger partial charge on any atom is -0.477 e. The zero-order valence-corrected chi connectivity index (χ0v) is 15.3. The fourth-order valence-corrected chi connectivity index (χ4v) is 3.28. The van der Waals surface area contributed by atoms with Gasteiger partial charge in [-0.1, -0.05) is 19.1 Å². The predicted octanol–water partition coefficient (Wildman–Crippen LogP) is 1.83. The van der Waals surface area contributed by atoms with Crippen molar-refractivity contribution >= 4 is 28.9 Å². The summed E-state index contributed by atoms with van der Waals surface area (Å²) < 4.78 is 11.5. The average Bonchev–Trinajstić information content (AvgIpc) is 3.16. The van der Waals surface area contributed by atoms with Gasteiger partial charge in [0.15, 0.2) is 11.2 Å². The maximum Gasteiger partial charge on any atom is 0.262 e. The van der Waals surface area contributed by atoms with Crippen LogP contribution in [0.25, 0.3) is 0 Å². The number of rotatable bonds is 5. The van der Waals surface area contributed by atoms with Gasteiger partial charge in [0.05, 0.1) is 18.3 Å². The highest BCUT2D eigenvalue weighted by Crippen LogP contribution is 2.33. The van der Waals surface area contributed by atoms with E-state index in [0.717, 1.165) is 31.6 Å². The van der Waals surface area contributed by atoms with Crippen LogP contribution in [-0.2, 0) is 9.53 Å². The molecule has 2 N–H and O–H groups in total. The summed E-state index contributed by atoms with van der Waals surface area (Å²) in [5.41, 5.74) is 0.881. The van der Waals surface area contributed by atoms with Gasteiger partial charge >= 0.3 is 0 Å². The van der Waals surface area contributed by atoms with E-state index in [9.17, 15) is 4.79 Å². The Bertz CT molecular complexity index is 619. The highest BCUT2D eigenvalue weighted by molar-refractivity contribution is 7.80. The Hall–Kier alpha value is -1.86. The second-order valence-electron chi connectivity index (χ2n) is 6.30. The summed E-state index contributed by atoms with van der Waals surface area (Å²) in [5, 5.41) is 6.77. The minimum atomic E-state index is -0.580. The number of nitrogens with one attached hydrogen (secondary N) is 2. The predicted molar refractivity (Wildman–Crippen MR) is 101 cm³/mol. The number of hydrogen-bond acceptors (Lipinski definition) is 4. The van der Waals surface area contributed by atoms with E-state index in [4.69, 9.17) is 21.7 Å². The first-order chi connectivity index (χ1) is 12.2. The first kappa shape index (κ1) is 17.9. The van der Waals surface area contributed by atoms with Gasteiger partial charge in [-0.25, -0.2) is 0 Å². The van der Waals surface area contributed by atoms with Gasteiger partial charge in [-0.05, 0) is 43.6 Å². The van der Waals surface area contributed by atoms with Crippen molar-refractivity contribution in [2.75, 3.05) is 31.1 Å². The number of anilines is 1. The Balaban J connectivity index is 1.69. The molecule has 136 valence electrons. The van der Waals surface area contributed by atoms with Crippen molar-refractivity contribution in [2.24, 2.45) is 0 Å². The number of hydrogen-bond donors (Lipinski definition) is 2. The van der Waals surface area contributed by atoms with Crippen LogP contribution in [0.4, 0.5) is 5.69 Å². The average molecular weight is 363 g/mol. The van der Waals surface area contributed by atoms with E-state index in [2.05, 4.69) is 10.6 Å². The van der Waals surface area contributed by atoms with Gasteiger partial charge in [-0.2, -0.15) is 0 Å². The van der Waals surface area contributed by atoms with Gasteiger partial charge in [0.25, 0.3) is 5.91 Å². The molecule has 2 aliphatic heterocycles. The van der Waals surface area contributed by atoms with Crippen molar-refractivity contribution in [2.45, 2.75) is 38.4 Å². The number of carbonyl (C=O) groups is 1. The maximum absolute atomic E-state index is 12.4. The molecule has 7 heteroatoms. The van der Waals surface area contributed by atoms with Crippen molar-refractivity contribution in [1.82, 2.24) is 10.6 Å². The van der Waals surface area contributed by atoms with Gasteiger partial charge < -0.3 is 25.0 Å². The lowest BCUT2D eigenvalue weighted by molar-refractivity contribution is -0.127. The van der Waals surface area contributed by atoms with E-state index < -0.39 is 6.10 Å². The molecule has 1 fully saturated rings. The Kier molecular flexibility index (Phi) is 6.09. The molecule has 0 saturated carbocycles. The molecule has 0 radical (unpaired) electrons. The molecule has 6 nitrogen and oxygen atoms in total. The molecule has 2 heterocycles. The van der Waals surface area contributed by atoms with Crippen molar-refractivity contribution in [3.63, 3.8) is 0 Å². The molecule has 1 amide bonds. The second kappa shape index (κ2) is 8.49. The van der Waals surface area contributed by atoms with E-state index in [0.29, 0.717) is 30.5 Å². The Morgan fingerprint density at radius 1 is 1.36 bits per heavy atom. The van der Waals surface area contributed by atoms with Gasteiger partial charge in [-0.15, -0.1) is 0 Å². The van der Waals surface area contributed by atoms with Gasteiger partial charge in [0, 0.05) is 19.7 Å². The first-order valence-electron chi connectivity index (χ1n) is 8.89. The number of ether oxygens (including phenoxy) is 2. The van der Waals surface area contributed by atoms with E-state index in [1.54, 1.807) is 0 Å². The van der Waals surface area contributed by atoms with Crippen LogP contribution in [0.2, 0.25) is 0 Å². The van der Waals surface area contributed by atoms with Crippen LogP contribution in [0.5, 0.6) is 5.75 Å². The van der Waals surface area contributed by atoms with Crippen molar-refractivity contribution in [1.29, 1.82) is 0 Å². The van der Waals surface area contributed by atoms with Crippen LogP contribution < -0.4 is 20.3 Å². The van der Waals surface area contributed by atoms with Crippen molar-refractivity contribution < 1.29 is 14.3 Å². The summed E-state index contributed by atoms with van der Waals surface area (Å²) in [6.45, 7) is 4.56. The molecular weight excluding hydrogens is 338 g/mol. The molecule has 2 aliphatic rings. The molecule has 1 saturated heterocycles. The van der Waals surface area contributed by atoms with Gasteiger partial charge in [0.1, 0.15) is 5.75 Å². The molecule has 0 bridgehead atoms. The molecule has 1 aromatic rings. The number of benzene rings is 1. The zero-order valence-electron chi connectivity index (χ0n) is 14.5. The molecular formula is C18H25N3O3S. The summed E-state index contributed by atoms with van der Waals surface area (Å²) >= 11 is 5.58. The number of amides is 1. The minimum absolute atomic E-state index is 0.108. The Labute approximate surface area is 153 Å². The molecule has 25 heavy (non-hydrogen) atoms.